The zero-order valence-corrected chi connectivity index (χ0v) is 9.38. The molecule has 0 N–H and O–H groups in total. The highest BCUT2D eigenvalue weighted by molar-refractivity contribution is 9.10. The molecule has 0 amide bonds. The third kappa shape index (κ3) is 2.35. The monoisotopic (exact) mass is 243 g/mol. The average Bonchev–Trinajstić information content (AvgIpc) is 2.62. The Morgan fingerprint density at radius 3 is 3.08 bits per heavy atom. The number of hydrogen-bond acceptors (Lipinski definition) is 2. The van der Waals surface area contributed by atoms with Crippen molar-refractivity contribution in [1.29, 1.82) is 0 Å². The predicted octanol–water partition coefficient (Wildman–Crippen LogP) is 2.88. The van der Waals surface area contributed by atoms with Gasteiger partial charge in [-0.05, 0) is 40.9 Å². The summed E-state index contributed by atoms with van der Waals surface area (Å²) in [6.45, 7) is 5.67. The second-order valence-corrected chi connectivity index (χ2v) is 4.78. The highest BCUT2D eigenvalue weighted by atomic mass is 79.9. The van der Waals surface area contributed by atoms with Gasteiger partial charge in [-0.25, -0.2) is 0 Å². The Hall–Kier alpha value is -0.280. The largest absolute Gasteiger partial charge is 0.467 e. The van der Waals surface area contributed by atoms with Crippen LogP contribution in [0.2, 0.25) is 0 Å². The van der Waals surface area contributed by atoms with Gasteiger partial charge in [0.1, 0.15) is 12.0 Å². The molecule has 1 aliphatic heterocycles. The molecule has 2 nitrogen and oxygen atoms in total. The van der Waals surface area contributed by atoms with Gasteiger partial charge < -0.3 is 4.42 Å². The van der Waals surface area contributed by atoms with Crippen molar-refractivity contribution in [3.05, 3.63) is 22.6 Å². The molecule has 72 valence electrons. The molecule has 0 aromatic carbocycles. The topological polar surface area (TPSA) is 16.4 Å². The first-order valence-electron chi connectivity index (χ1n) is 4.69. The first-order valence-corrected chi connectivity index (χ1v) is 5.48. The third-order valence-corrected chi connectivity index (χ3v) is 2.93. The summed E-state index contributed by atoms with van der Waals surface area (Å²) in [6.07, 6.45) is 3.07. The summed E-state index contributed by atoms with van der Waals surface area (Å²) < 4.78 is 6.41. The van der Waals surface area contributed by atoms with Gasteiger partial charge in [-0.3, -0.25) is 4.90 Å². The number of nitrogens with zero attached hydrogens (tertiary/aromatic N) is 1. The van der Waals surface area contributed by atoms with Gasteiger partial charge in [-0.2, -0.15) is 0 Å². The van der Waals surface area contributed by atoms with Crippen molar-refractivity contribution in [2.24, 2.45) is 5.92 Å². The van der Waals surface area contributed by atoms with Crippen LogP contribution in [0.5, 0.6) is 0 Å². The number of rotatable bonds is 2. The van der Waals surface area contributed by atoms with E-state index < -0.39 is 0 Å². The fraction of sp³-hybridized carbons (Fsp3) is 0.600. The molecule has 0 saturated carbocycles. The molecule has 2 rings (SSSR count). The van der Waals surface area contributed by atoms with Crippen LogP contribution in [0.15, 0.2) is 21.2 Å². The van der Waals surface area contributed by atoms with Crippen LogP contribution in [0.4, 0.5) is 0 Å². The molecule has 0 radical (unpaired) electrons. The van der Waals surface area contributed by atoms with Crippen LogP contribution in [0.25, 0.3) is 0 Å². The smallest absolute Gasteiger partial charge is 0.118 e. The molecule has 2 heterocycles. The van der Waals surface area contributed by atoms with Crippen LogP contribution in [0, 0.1) is 5.92 Å². The van der Waals surface area contributed by atoms with E-state index in [1.165, 1.54) is 19.5 Å². The normalized spacial score (nSPS) is 24.0. The Balaban J connectivity index is 1.91. The Kier molecular flexibility index (Phi) is 2.74. The number of furan rings is 1. The number of likely N-dealkylation sites (tertiary alicyclic amines) is 1. The van der Waals surface area contributed by atoms with Crippen LogP contribution < -0.4 is 0 Å². The molecule has 1 unspecified atom stereocenters. The Morgan fingerprint density at radius 1 is 1.69 bits per heavy atom. The van der Waals surface area contributed by atoms with E-state index in [9.17, 15) is 0 Å². The molecule has 1 aliphatic rings. The Bertz CT molecular complexity index is 284. The van der Waals surface area contributed by atoms with E-state index in [1.54, 1.807) is 6.26 Å². The fourth-order valence-electron chi connectivity index (χ4n) is 1.83. The van der Waals surface area contributed by atoms with Gasteiger partial charge >= 0.3 is 0 Å². The van der Waals surface area contributed by atoms with Crippen molar-refractivity contribution >= 4 is 15.9 Å². The van der Waals surface area contributed by atoms with Crippen molar-refractivity contribution in [1.82, 2.24) is 4.90 Å². The van der Waals surface area contributed by atoms with Crippen molar-refractivity contribution < 1.29 is 4.42 Å². The lowest BCUT2D eigenvalue weighted by Crippen LogP contribution is -2.19. The summed E-state index contributed by atoms with van der Waals surface area (Å²) >= 11 is 3.38. The molecular formula is C10H14BrNO. The lowest BCUT2D eigenvalue weighted by atomic mass is 10.2. The maximum Gasteiger partial charge on any atom is 0.118 e. The molecule has 1 atom stereocenters. The van der Waals surface area contributed by atoms with E-state index in [1.807, 2.05) is 6.07 Å². The van der Waals surface area contributed by atoms with E-state index in [-0.39, 0.29) is 0 Å². The minimum atomic E-state index is 0.846. The maximum atomic E-state index is 5.37. The second-order valence-electron chi connectivity index (χ2n) is 3.86. The van der Waals surface area contributed by atoms with Crippen LogP contribution in [0.3, 0.4) is 0 Å². The van der Waals surface area contributed by atoms with E-state index in [0.717, 1.165) is 22.7 Å². The van der Waals surface area contributed by atoms with Crippen molar-refractivity contribution in [3.8, 4) is 0 Å². The van der Waals surface area contributed by atoms with Crippen LogP contribution in [-0.4, -0.2) is 18.0 Å². The fourth-order valence-corrected chi connectivity index (χ4v) is 2.18. The van der Waals surface area contributed by atoms with Crippen molar-refractivity contribution in [2.45, 2.75) is 19.9 Å². The summed E-state index contributed by atoms with van der Waals surface area (Å²) in [5.41, 5.74) is 0. The van der Waals surface area contributed by atoms with E-state index in [0.29, 0.717) is 0 Å². The van der Waals surface area contributed by atoms with E-state index >= 15 is 0 Å². The number of hydrogen-bond donors (Lipinski definition) is 0. The highest BCUT2D eigenvalue weighted by Crippen LogP contribution is 2.20. The third-order valence-electron chi connectivity index (χ3n) is 2.51. The predicted molar refractivity (Wildman–Crippen MR) is 55.5 cm³/mol. The molecule has 13 heavy (non-hydrogen) atoms. The van der Waals surface area contributed by atoms with Crippen molar-refractivity contribution in [3.63, 3.8) is 0 Å². The summed E-state index contributed by atoms with van der Waals surface area (Å²) in [7, 11) is 0. The van der Waals surface area contributed by atoms with Gasteiger partial charge in [-0.15, -0.1) is 0 Å². The first-order chi connectivity index (χ1) is 6.24. The zero-order valence-electron chi connectivity index (χ0n) is 7.79. The van der Waals surface area contributed by atoms with Crippen LogP contribution in [0.1, 0.15) is 19.1 Å². The highest BCUT2D eigenvalue weighted by Gasteiger charge is 2.19. The molecule has 1 fully saturated rings. The summed E-state index contributed by atoms with van der Waals surface area (Å²) in [5, 5.41) is 0. The van der Waals surface area contributed by atoms with Gasteiger partial charge in [0.05, 0.1) is 11.0 Å². The average molecular weight is 244 g/mol. The number of halogens is 1. The van der Waals surface area contributed by atoms with Gasteiger partial charge in [-0.1, -0.05) is 6.92 Å². The molecular weight excluding hydrogens is 230 g/mol. The standard InChI is InChI=1S/C10H14BrNO/c1-8-2-3-12(5-8)6-10-4-9(11)7-13-10/h4,7-8H,2-3,5-6H2,1H3. The van der Waals surface area contributed by atoms with E-state index in [2.05, 4.69) is 27.8 Å². The molecule has 3 heteroatoms. The summed E-state index contributed by atoms with van der Waals surface area (Å²) in [5.74, 6) is 1.90. The summed E-state index contributed by atoms with van der Waals surface area (Å²) in [6, 6.07) is 2.04. The molecule has 1 aromatic heterocycles. The summed E-state index contributed by atoms with van der Waals surface area (Å²) in [4.78, 5) is 2.44. The van der Waals surface area contributed by atoms with Crippen molar-refractivity contribution in [2.75, 3.05) is 13.1 Å². The molecule has 0 aliphatic carbocycles. The van der Waals surface area contributed by atoms with Gasteiger partial charge in [0.15, 0.2) is 0 Å². The quantitative estimate of drug-likeness (QED) is 0.795. The first kappa shape index (κ1) is 9.28. The minimum absolute atomic E-state index is 0.846. The van der Waals surface area contributed by atoms with Gasteiger partial charge in [0.2, 0.25) is 0 Å². The lowest BCUT2D eigenvalue weighted by molar-refractivity contribution is 0.289. The van der Waals surface area contributed by atoms with Crippen LogP contribution in [-0.2, 0) is 6.54 Å². The maximum absolute atomic E-state index is 5.37. The molecule has 0 bridgehead atoms. The van der Waals surface area contributed by atoms with Crippen LogP contribution >= 0.6 is 15.9 Å². The minimum Gasteiger partial charge on any atom is -0.467 e. The zero-order chi connectivity index (χ0) is 9.26. The molecule has 1 saturated heterocycles. The van der Waals surface area contributed by atoms with Gasteiger partial charge in [0, 0.05) is 6.54 Å². The second kappa shape index (κ2) is 3.84. The molecule has 1 aromatic rings. The Morgan fingerprint density at radius 2 is 2.54 bits per heavy atom. The lowest BCUT2D eigenvalue weighted by Gasteiger charge is -2.12. The van der Waals surface area contributed by atoms with Gasteiger partial charge in [0.25, 0.3) is 0 Å². The SMILES string of the molecule is CC1CCN(Cc2cc(Br)co2)C1. The van der Waals surface area contributed by atoms with E-state index in [4.69, 9.17) is 4.42 Å². The molecule has 0 spiro atoms. The Labute approximate surface area is 87.0 Å².